The van der Waals surface area contributed by atoms with Gasteiger partial charge in [-0.25, -0.2) is 0 Å². The molecule has 96 valence electrons. The molecule has 1 rings (SSSR count). The summed E-state index contributed by atoms with van der Waals surface area (Å²) in [6, 6.07) is 1.66. The molecule has 1 N–H and O–H groups in total. The van der Waals surface area contributed by atoms with Crippen molar-refractivity contribution in [1.82, 2.24) is 10.5 Å². The van der Waals surface area contributed by atoms with E-state index in [0.717, 1.165) is 5.33 Å². The van der Waals surface area contributed by atoms with Crippen molar-refractivity contribution < 1.29 is 14.1 Å². The average Bonchev–Trinajstić information content (AvgIpc) is 2.77. The van der Waals surface area contributed by atoms with Crippen LogP contribution in [0.3, 0.4) is 0 Å². The summed E-state index contributed by atoms with van der Waals surface area (Å²) in [6.07, 6.45) is 0. The number of carbonyl (C=O) groups is 1. The smallest absolute Gasteiger partial charge is 0.273 e. The highest BCUT2D eigenvalue weighted by molar-refractivity contribution is 9.09. The van der Waals surface area contributed by atoms with Crippen LogP contribution >= 0.6 is 15.9 Å². The minimum atomic E-state index is -0.226. The molecule has 0 saturated carbocycles. The Hall–Kier alpha value is -0.880. The fourth-order valence-electron chi connectivity index (χ4n) is 1.19. The zero-order valence-electron chi connectivity index (χ0n) is 10.2. The molecule has 0 aliphatic rings. The van der Waals surface area contributed by atoms with E-state index < -0.39 is 0 Å². The number of alkyl halides is 1. The van der Waals surface area contributed by atoms with Gasteiger partial charge in [0.15, 0.2) is 11.5 Å². The summed E-state index contributed by atoms with van der Waals surface area (Å²) < 4.78 is 9.84. The van der Waals surface area contributed by atoms with Crippen molar-refractivity contribution in [3.63, 3.8) is 0 Å². The molecule has 1 amide bonds. The molecular formula is C11H17BrN2O3. The van der Waals surface area contributed by atoms with E-state index in [1.807, 2.05) is 6.92 Å². The first-order valence-corrected chi connectivity index (χ1v) is 6.52. The monoisotopic (exact) mass is 304 g/mol. The van der Waals surface area contributed by atoms with E-state index >= 15 is 0 Å². The van der Waals surface area contributed by atoms with Gasteiger partial charge in [-0.3, -0.25) is 4.79 Å². The molecule has 0 fully saturated rings. The Balaban J connectivity index is 2.57. The van der Waals surface area contributed by atoms with E-state index in [1.54, 1.807) is 13.2 Å². The second kappa shape index (κ2) is 6.76. The zero-order chi connectivity index (χ0) is 12.8. The third-order valence-electron chi connectivity index (χ3n) is 2.53. The highest BCUT2D eigenvalue weighted by atomic mass is 79.9. The number of rotatable bonds is 6. The first-order chi connectivity index (χ1) is 8.08. The quantitative estimate of drug-likeness (QED) is 0.816. The Labute approximate surface area is 109 Å². The lowest BCUT2D eigenvalue weighted by molar-refractivity contribution is 0.0921. The maximum Gasteiger partial charge on any atom is 0.273 e. The van der Waals surface area contributed by atoms with Gasteiger partial charge in [-0.15, -0.1) is 0 Å². The van der Waals surface area contributed by atoms with Crippen LogP contribution in [-0.2, 0) is 11.3 Å². The Morgan fingerprint density at radius 1 is 1.65 bits per heavy atom. The summed E-state index contributed by atoms with van der Waals surface area (Å²) in [7, 11) is 1.56. The van der Waals surface area contributed by atoms with E-state index in [0.29, 0.717) is 18.3 Å². The first-order valence-electron chi connectivity index (χ1n) is 5.39. The van der Waals surface area contributed by atoms with E-state index in [1.165, 1.54) is 0 Å². The molecule has 0 aliphatic heterocycles. The van der Waals surface area contributed by atoms with Crippen LogP contribution in [0.15, 0.2) is 10.6 Å². The maximum absolute atomic E-state index is 11.8. The summed E-state index contributed by atoms with van der Waals surface area (Å²) in [5.74, 6) is 0.666. The fraction of sp³-hybridized carbons (Fsp3) is 0.636. The Kier molecular flexibility index (Phi) is 5.64. The molecule has 0 bridgehead atoms. The molecule has 2 unspecified atom stereocenters. The number of ether oxygens (including phenoxy) is 1. The minimum Gasteiger partial charge on any atom is -0.377 e. The summed E-state index contributed by atoms with van der Waals surface area (Å²) in [4.78, 5) is 11.8. The van der Waals surface area contributed by atoms with Gasteiger partial charge in [-0.2, -0.15) is 0 Å². The molecule has 0 aromatic carbocycles. The van der Waals surface area contributed by atoms with Crippen LogP contribution in [0.2, 0.25) is 0 Å². The first kappa shape index (κ1) is 14.2. The van der Waals surface area contributed by atoms with Crippen molar-refractivity contribution in [2.24, 2.45) is 5.92 Å². The van der Waals surface area contributed by atoms with Crippen molar-refractivity contribution in [3.8, 4) is 0 Å². The second-order valence-corrected chi connectivity index (χ2v) is 4.65. The molecule has 17 heavy (non-hydrogen) atoms. The SMILES string of the molecule is COCc1cc(C(=O)NC(C)C(C)CBr)no1. The molecule has 0 saturated heterocycles. The predicted molar refractivity (Wildman–Crippen MR) is 67.1 cm³/mol. The van der Waals surface area contributed by atoms with E-state index in [9.17, 15) is 4.79 Å². The molecule has 0 aliphatic carbocycles. The lowest BCUT2D eigenvalue weighted by Gasteiger charge is -2.18. The van der Waals surface area contributed by atoms with Crippen LogP contribution in [0, 0.1) is 5.92 Å². The van der Waals surface area contributed by atoms with Crippen molar-refractivity contribution >= 4 is 21.8 Å². The van der Waals surface area contributed by atoms with Crippen molar-refractivity contribution in [3.05, 3.63) is 17.5 Å². The third kappa shape index (κ3) is 4.12. The van der Waals surface area contributed by atoms with Gasteiger partial charge in [0.25, 0.3) is 5.91 Å². The van der Waals surface area contributed by atoms with Crippen LogP contribution < -0.4 is 5.32 Å². The van der Waals surface area contributed by atoms with Crippen molar-refractivity contribution in [2.45, 2.75) is 26.5 Å². The van der Waals surface area contributed by atoms with E-state index in [-0.39, 0.29) is 17.6 Å². The van der Waals surface area contributed by atoms with Crippen LogP contribution in [0.5, 0.6) is 0 Å². The summed E-state index contributed by atoms with van der Waals surface area (Å²) >= 11 is 3.38. The molecule has 0 radical (unpaired) electrons. The second-order valence-electron chi connectivity index (χ2n) is 4.01. The fourth-order valence-corrected chi connectivity index (χ4v) is 1.75. The third-order valence-corrected chi connectivity index (χ3v) is 3.56. The molecular weight excluding hydrogens is 288 g/mol. The van der Waals surface area contributed by atoms with E-state index in [2.05, 4.69) is 33.3 Å². The molecule has 0 spiro atoms. The van der Waals surface area contributed by atoms with Gasteiger partial charge < -0.3 is 14.6 Å². The van der Waals surface area contributed by atoms with Gasteiger partial charge in [0.1, 0.15) is 6.61 Å². The van der Waals surface area contributed by atoms with Crippen LogP contribution in [0.25, 0.3) is 0 Å². The predicted octanol–water partition coefficient (Wildman–Crippen LogP) is 1.97. The number of nitrogens with zero attached hydrogens (tertiary/aromatic N) is 1. The van der Waals surface area contributed by atoms with Crippen LogP contribution in [-0.4, -0.2) is 29.5 Å². The van der Waals surface area contributed by atoms with E-state index in [4.69, 9.17) is 9.26 Å². The van der Waals surface area contributed by atoms with Gasteiger partial charge in [0.2, 0.25) is 0 Å². The van der Waals surface area contributed by atoms with Crippen molar-refractivity contribution in [2.75, 3.05) is 12.4 Å². The Bertz CT molecular complexity index is 367. The molecule has 1 aromatic rings. The standard InChI is InChI=1S/C11H17BrN2O3/c1-7(5-12)8(2)13-11(15)10-4-9(6-16-3)17-14-10/h4,7-8H,5-6H2,1-3H3,(H,13,15). The molecule has 6 heteroatoms. The number of nitrogens with one attached hydrogen (secondary N) is 1. The lowest BCUT2D eigenvalue weighted by atomic mass is 10.1. The summed E-state index contributed by atoms with van der Waals surface area (Å²) in [5.41, 5.74) is 0.283. The highest BCUT2D eigenvalue weighted by Crippen LogP contribution is 2.08. The van der Waals surface area contributed by atoms with Gasteiger partial charge in [0, 0.05) is 24.5 Å². The number of hydrogen-bond donors (Lipinski definition) is 1. The number of carbonyl (C=O) groups excluding carboxylic acids is 1. The normalized spacial score (nSPS) is 14.4. The average molecular weight is 305 g/mol. The minimum absolute atomic E-state index is 0.0736. The number of halogens is 1. The van der Waals surface area contributed by atoms with Crippen LogP contribution in [0.1, 0.15) is 30.1 Å². The van der Waals surface area contributed by atoms with Crippen molar-refractivity contribution in [1.29, 1.82) is 0 Å². The molecule has 1 heterocycles. The van der Waals surface area contributed by atoms with Gasteiger partial charge in [0.05, 0.1) is 0 Å². The van der Waals surface area contributed by atoms with Gasteiger partial charge in [-0.1, -0.05) is 28.0 Å². The number of aromatic nitrogens is 1. The topological polar surface area (TPSA) is 64.4 Å². The zero-order valence-corrected chi connectivity index (χ0v) is 11.8. The maximum atomic E-state index is 11.8. The van der Waals surface area contributed by atoms with Gasteiger partial charge >= 0.3 is 0 Å². The summed E-state index contributed by atoms with van der Waals surface area (Å²) in [6.45, 7) is 4.33. The largest absolute Gasteiger partial charge is 0.377 e. The number of methoxy groups -OCH3 is 1. The Morgan fingerprint density at radius 2 is 2.35 bits per heavy atom. The number of hydrogen-bond acceptors (Lipinski definition) is 4. The molecule has 5 nitrogen and oxygen atoms in total. The molecule has 2 atom stereocenters. The molecule has 1 aromatic heterocycles. The highest BCUT2D eigenvalue weighted by Gasteiger charge is 2.17. The Morgan fingerprint density at radius 3 is 2.94 bits per heavy atom. The number of amides is 1. The summed E-state index contributed by atoms with van der Waals surface area (Å²) in [5, 5.41) is 7.40. The van der Waals surface area contributed by atoms with Crippen LogP contribution in [0.4, 0.5) is 0 Å². The van der Waals surface area contributed by atoms with Gasteiger partial charge in [-0.05, 0) is 12.8 Å². The lowest BCUT2D eigenvalue weighted by Crippen LogP contribution is -2.37.